The van der Waals surface area contributed by atoms with Crippen LogP contribution in [0.1, 0.15) is 13.8 Å². The summed E-state index contributed by atoms with van der Waals surface area (Å²) >= 11 is 0. The summed E-state index contributed by atoms with van der Waals surface area (Å²) in [7, 11) is 0. The van der Waals surface area contributed by atoms with Crippen LogP contribution in [0, 0.1) is 0 Å². The number of hydrogen-bond donors (Lipinski definition) is 4. The Balaban J connectivity index is 3.90. The molecule has 0 aliphatic heterocycles. The molecule has 0 saturated heterocycles. The second kappa shape index (κ2) is 5.35. The summed E-state index contributed by atoms with van der Waals surface area (Å²) in [6, 6.07) is -0.542. The van der Waals surface area contributed by atoms with E-state index in [4.69, 9.17) is 5.11 Å². The molecule has 0 aromatic rings. The molecule has 86 valence electrons. The highest BCUT2D eigenvalue weighted by molar-refractivity contribution is 5.79. The first-order valence-electron chi connectivity index (χ1n) is 4.37. The average molecular weight is 216 g/mol. The lowest BCUT2D eigenvalue weighted by Gasteiger charge is -2.18. The van der Waals surface area contributed by atoms with E-state index in [9.17, 15) is 14.7 Å². The minimum absolute atomic E-state index is 0.307. The number of rotatable bonds is 5. The zero-order valence-corrected chi connectivity index (χ0v) is 8.83. The van der Waals surface area contributed by atoms with Gasteiger partial charge in [0.25, 0.3) is 0 Å². The van der Waals surface area contributed by atoms with Gasteiger partial charge in [0, 0.05) is 6.54 Å². The maximum Gasteiger partial charge on any atom is 0.337 e. The van der Waals surface area contributed by atoms with Crippen LogP contribution in [0.3, 0.4) is 0 Å². The molecule has 0 bridgehead atoms. The smallest absolute Gasteiger partial charge is 0.337 e. The number of hydrogen-bond acceptors (Lipinski definition) is 3. The molecule has 2 amide bonds. The van der Waals surface area contributed by atoms with Crippen molar-refractivity contribution in [2.75, 3.05) is 13.1 Å². The molecule has 15 heavy (non-hydrogen) atoms. The van der Waals surface area contributed by atoms with Crippen LogP contribution >= 0.6 is 0 Å². The van der Waals surface area contributed by atoms with Gasteiger partial charge in [-0.1, -0.05) is 12.2 Å². The van der Waals surface area contributed by atoms with E-state index >= 15 is 0 Å². The second-order valence-electron chi connectivity index (χ2n) is 3.57. The maximum absolute atomic E-state index is 11.0. The van der Waals surface area contributed by atoms with E-state index in [0.717, 1.165) is 12.5 Å². The summed E-state index contributed by atoms with van der Waals surface area (Å²) in [6.45, 7) is 6.38. The fraction of sp³-hybridized carbons (Fsp3) is 0.556. The van der Waals surface area contributed by atoms with Gasteiger partial charge in [-0.15, -0.1) is 0 Å². The summed E-state index contributed by atoms with van der Waals surface area (Å²) in [5.41, 5.74) is -1.18. The van der Waals surface area contributed by atoms with E-state index in [-0.39, 0.29) is 6.54 Å². The van der Waals surface area contributed by atoms with E-state index in [0.29, 0.717) is 6.54 Å². The fourth-order valence-corrected chi connectivity index (χ4v) is 0.622. The molecule has 0 fully saturated rings. The molecule has 0 aliphatic carbocycles. The van der Waals surface area contributed by atoms with Crippen LogP contribution in [0.15, 0.2) is 12.2 Å². The Hall–Kier alpha value is -1.56. The highest BCUT2D eigenvalue weighted by Crippen LogP contribution is 2.00. The summed E-state index contributed by atoms with van der Waals surface area (Å²) in [6.07, 6.45) is 0. The van der Waals surface area contributed by atoms with Crippen LogP contribution in [-0.4, -0.2) is 40.9 Å². The van der Waals surface area contributed by atoms with Gasteiger partial charge in [0.15, 0.2) is 5.60 Å². The zero-order valence-electron chi connectivity index (χ0n) is 8.83. The zero-order chi connectivity index (χ0) is 12.1. The average Bonchev–Trinajstić information content (AvgIpc) is 2.11. The topological polar surface area (TPSA) is 98.7 Å². The maximum atomic E-state index is 11.0. The van der Waals surface area contributed by atoms with Crippen molar-refractivity contribution in [3.05, 3.63) is 12.2 Å². The standard InChI is InChI=1S/C9H16N2O4/c1-6(2)4-10-8(14)11-5-9(3,15)7(12)13/h15H,1,4-5H2,2-3H3,(H,12,13)(H2,10,11,14). The minimum atomic E-state index is -1.96. The Labute approximate surface area is 88.0 Å². The lowest BCUT2D eigenvalue weighted by molar-refractivity contribution is -0.155. The van der Waals surface area contributed by atoms with Gasteiger partial charge in [-0.05, 0) is 13.8 Å². The molecule has 0 aromatic heterocycles. The Bertz CT molecular complexity index is 273. The lowest BCUT2D eigenvalue weighted by atomic mass is 10.1. The fourth-order valence-electron chi connectivity index (χ4n) is 0.622. The Morgan fingerprint density at radius 1 is 1.40 bits per heavy atom. The van der Waals surface area contributed by atoms with Crippen LogP contribution < -0.4 is 10.6 Å². The van der Waals surface area contributed by atoms with Gasteiger partial charge in [-0.2, -0.15) is 0 Å². The molecule has 0 heterocycles. The molecule has 6 nitrogen and oxygen atoms in total. The number of carboxylic acid groups (broad SMARTS) is 1. The highest BCUT2D eigenvalue weighted by Gasteiger charge is 2.30. The second-order valence-corrected chi connectivity index (χ2v) is 3.57. The molecule has 1 atom stereocenters. The third-order valence-corrected chi connectivity index (χ3v) is 1.60. The number of carbonyl (C=O) groups excluding carboxylic acids is 1. The number of carbonyl (C=O) groups is 2. The number of carboxylic acids is 1. The monoisotopic (exact) mass is 216 g/mol. The Morgan fingerprint density at radius 2 is 1.93 bits per heavy atom. The summed E-state index contributed by atoms with van der Waals surface area (Å²) in [5, 5.41) is 22.5. The number of aliphatic hydroxyl groups is 1. The molecule has 0 saturated carbocycles. The molecule has 6 heteroatoms. The first kappa shape index (κ1) is 13.4. The van der Waals surface area contributed by atoms with E-state index in [1.807, 2.05) is 0 Å². The predicted molar refractivity (Wildman–Crippen MR) is 54.5 cm³/mol. The molecular weight excluding hydrogens is 200 g/mol. The van der Waals surface area contributed by atoms with E-state index in [2.05, 4.69) is 17.2 Å². The van der Waals surface area contributed by atoms with Crippen molar-refractivity contribution in [2.24, 2.45) is 0 Å². The summed E-state index contributed by atoms with van der Waals surface area (Å²) < 4.78 is 0. The van der Waals surface area contributed by atoms with Crippen LogP contribution in [0.5, 0.6) is 0 Å². The van der Waals surface area contributed by atoms with Crippen molar-refractivity contribution in [1.29, 1.82) is 0 Å². The van der Waals surface area contributed by atoms with Crippen molar-refractivity contribution in [1.82, 2.24) is 10.6 Å². The van der Waals surface area contributed by atoms with Crippen LogP contribution in [0.25, 0.3) is 0 Å². The van der Waals surface area contributed by atoms with Crippen LogP contribution in [-0.2, 0) is 4.79 Å². The van der Waals surface area contributed by atoms with Crippen LogP contribution in [0.2, 0.25) is 0 Å². The van der Waals surface area contributed by atoms with Gasteiger partial charge in [0.2, 0.25) is 0 Å². The van der Waals surface area contributed by atoms with Crippen molar-refractivity contribution in [3.63, 3.8) is 0 Å². The van der Waals surface area contributed by atoms with Crippen molar-refractivity contribution in [3.8, 4) is 0 Å². The molecule has 4 N–H and O–H groups in total. The number of amides is 2. The highest BCUT2D eigenvalue weighted by atomic mass is 16.4. The van der Waals surface area contributed by atoms with E-state index in [1.165, 1.54) is 0 Å². The van der Waals surface area contributed by atoms with Crippen molar-refractivity contribution < 1.29 is 19.8 Å². The molecule has 0 aromatic carbocycles. The molecule has 0 rings (SSSR count). The van der Waals surface area contributed by atoms with Crippen LogP contribution in [0.4, 0.5) is 4.79 Å². The number of nitrogens with one attached hydrogen (secondary N) is 2. The van der Waals surface area contributed by atoms with Gasteiger partial charge in [-0.3, -0.25) is 0 Å². The minimum Gasteiger partial charge on any atom is -0.479 e. The summed E-state index contributed by atoms with van der Waals surface area (Å²) in [4.78, 5) is 21.5. The number of urea groups is 1. The van der Waals surface area contributed by atoms with E-state index < -0.39 is 17.6 Å². The molecular formula is C9H16N2O4. The molecule has 0 aliphatic rings. The van der Waals surface area contributed by atoms with Gasteiger partial charge in [-0.25, -0.2) is 9.59 Å². The van der Waals surface area contributed by atoms with Crippen molar-refractivity contribution in [2.45, 2.75) is 19.4 Å². The quantitative estimate of drug-likeness (QED) is 0.474. The summed E-state index contributed by atoms with van der Waals surface area (Å²) in [5.74, 6) is -1.39. The predicted octanol–water partition coefficient (Wildman–Crippen LogP) is -0.303. The van der Waals surface area contributed by atoms with Gasteiger partial charge in [0.1, 0.15) is 0 Å². The van der Waals surface area contributed by atoms with Gasteiger partial charge < -0.3 is 20.8 Å². The lowest BCUT2D eigenvalue weighted by Crippen LogP contribution is -2.49. The first-order chi connectivity index (χ1) is 6.75. The molecule has 0 spiro atoms. The first-order valence-corrected chi connectivity index (χ1v) is 4.37. The third-order valence-electron chi connectivity index (χ3n) is 1.60. The number of aliphatic carboxylic acids is 1. The Kier molecular flexibility index (Phi) is 4.80. The molecule has 0 radical (unpaired) electrons. The van der Waals surface area contributed by atoms with Gasteiger partial charge >= 0.3 is 12.0 Å². The SMILES string of the molecule is C=C(C)CNC(=O)NCC(C)(O)C(=O)O. The van der Waals surface area contributed by atoms with Crippen molar-refractivity contribution >= 4 is 12.0 Å². The van der Waals surface area contributed by atoms with Gasteiger partial charge in [0.05, 0.1) is 6.54 Å². The third kappa shape index (κ3) is 5.69. The normalized spacial score (nSPS) is 13.8. The largest absolute Gasteiger partial charge is 0.479 e. The Morgan fingerprint density at radius 3 is 2.33 bits per heavy atom. The molecule has 1 unspecified atom stereocenters. The van der Waals surface area contributed by atoms with E-state index in [1.54, 1.807) is 6.92 Å².